The van der Waals surface area contributed by atoms with Crippen LogP contribution in [-0.2, 0) is 16.2 Å². The molecule has 6 aromatic rings. The summed E-state index contributed by atoms with van der Waals surface area (Å²) in [5, 5.41) is 0. The third-order valence-electron chi connectivity index (χ3n) is 13.8. The van der Waals surface area contributed by atoms with Crippen molar-refractivity contribution in [2.24, 2.45) is 0 Å². The van der Waals surface area contributed by atoms with Crippen LogP contribution in [0.2, 0.25) is 0 Å². The molecule has 274 valence electrons. The van der Waals surface area contributed by atoms with Gasteiger partial charge < -0.3 is 14.7 Å². The molecule has 1 aliphatic carbocycles. The van der Waals surface area contributed by atoms with Crippen molar-refractivity contribution >= 4 is 68.6 Å². The van der Waals surface area contributed by atoms with Crippen molar-refractivity contribution in [3.05, 3.63) is 150 Å². The Bertz CT molecular complexity index is 2510. The summed E-state index contributed by atoms with van der Waals surface area (Å²) in [6, 6.07) is 51.2. The largest absolute Gasteiger partial charge is 0.334 e. The zero-order valence-electron chi connectivity index (χ0n) is 33.7. The monoisotopic (exact) mass is 717 g/mol. The van der Waals surface area contributed by atoms with Gasteiger partial charge in [0.05, 0.1) is 5.54 Å². The molecule has 0 saturated heterocycles. The second-order valence-corrected chi connectivity index (χ2v) is 19.0. The fourth-order valence-corrected chi connectivity index (χ4v) is 10.7. The summed E-state index contributed by atoms with van der Waals surface area (Å²) in [7, 11) is 0. The van der Waals surface area contributed by atoms with Crippen LogP contribution in [0.5, 0.6) is 0 Å². The molecular formula is C51H52BN3. The van der Waals surface area contributed by atoms with Crippen LogP contribution >= 0.6 is 0 Å². The second-order valence-electron chi connectivity index (χ2n) is 19.0. The van der Waals surface area contributed by atoms with E-state index in [1.54, 1.807) is 0 Å². The number of para-hydroxylation sites is 3. The van der Waals surface area contributed by atoms with Crippen LogP contribution < -0.4 is 31.1 Å². The Balaban J connectivity index is 1.34. The molecule has 0 spiro atoms. The summed E-state index contributed by atoms with van der Waals surface area (Å²) in [6.07, 6.45) is 3.60. The van der Waals surface area contributed by atoms with Gasteiger partial charge in [0.1, 0.15) is 0 Å². The fourth-order valence-electron chi connectivity index (χ4n) is 10.7. The Kier molecular flexibility index (Phi) is 7.26. The van der Waals surface area contributed by atoms with E-state index in [1.165, 1.54) is 91.4 Å². The number of nitrogens with zero attached hydrogens (tertiary/aromatic N) is 3. The van der Waals surface area contributed by atoms with Gasteiger partial charge in [0, 0.05) is 50.9 Å². The number of anilines is 8. The summed E-state index contributed by atoms with van der Waals surface area (Å²) >= 11 is 0. The summed E-state index contributed by atoms with van der Waals surface area (Å²) < 4.78 is 0. The van der Waals surface area contributed by atoms with Gasteiger partial charge in [-0.05, 0) is 118 Å². The maximum atomic E-state index is 2.75. The van der Waals surface area contributed by atoms with Crippen LogP contribution in [0.15, 0.2) is 133 Å². The molecule has 0 bridgehead atoms. The third-order valence-corrected chi connectivity index (χ3v) is 13.8. The molecule has 3 nitrogen and oxygen atoms in total. The average Bonchev–Trinajstić information content (AvgIpc) is 3.57. The summed E-state index contributed by atoms with van der Waals surface area (Å²) in [4.78, 5) is 7.91. The standard InChI is InChI=1S/C51H52BN3/c1-48(2,3)34-18-16-21-37(30-34)54-44-31-35(49(4,5)6)26-27-41(44)52-40-23-13-15-25-43(40)53(36-19-10-9-11-20-36)45-32-38(33-46(54)47(45)52)55-42-24-14-12-22-39(42)50(7)28-17-29-51(50,55)8/h9-16,18-27,30-33H,17,28-29H2,1-8H3. The molecule has 2 atom stereocenters. The van der Waals surface area contributed by atoms with Gasteiger partial charge in [-0.3, -0.25) is 0 Å². The molecule has 3 aliphatic heterocycles. The molecule has 2 unspecified atom stereocenters. The zero-order valence-corrected chi connectivity index (χ0v) is 33.7. The first-order chi connectivity index (χ1) is 26.3. The molecule has 55 heavy (non-hydrogen) atoms. The predicted molar refractivity (Wildman–Crippen MR) is 236 cm³/mol. The molecule has 0 N–H and O–H groups in total. The van der Waals surface area contributed by atoms with E-state index in [2.05, 4.69) is 204 Å². The van der Waals surface area contributed by atoms with Crippen molar-refractivity contribution in [2.75, 3.05) is 14.7 Å². The number of hydrogen-bond donors (Lipinski definition) is 0. The molecule has 4 aliphatic rings. The van der Waals surface area contributed by atoms with Crippen molar-refractivity contribution in [1.29, 1.82) is 0 Å². The van der Waals surface area contributed by atoms with Crippen LogP contribution in [0.3, 0.4) is 0 Å². The van der Waals surface area contributed by atoms with Crippen LogP contribution in [0.25, 0.3) is 0 Å². The van der Waals surface area contributed by atoms with E-state index in [4.69, 9.17) is 0 Å². The van der Waals surface area contributed by atoms with Gasteiger partial charge in [0.25, 0.3) is 6.71 Å². The first-order valence-electron chi connectivity index (χ1n) is 20.4. The van der Waals surface area contributed by atoms with E-state index in [-0.39, 0.29) is 28.5 Å². The van der Waals surface area contributed by atoms with Gasteiger partial charge in [-0.25, -0.2) is 0 Å². The third kappa shape index (κ3) is 4.82. The van der Waals surface area contributed by atoms with Crippen LogP contribution in [0.1, 0.15) is 91.3 Å². The molecule has 4 heteroatoms. The van der Waals surface area contributed by atoms with Crippen molar-refractivity contribution in [3.63, 3.8) is 0 Å². The fraction of sp³-hybridized carbons (Fsp3) is 0.294. The molecule has 1 saturated carbocycles. The SMILES string of the molecule is CC(C)(C)c1cccc(N2c3cc(C(C)(C)C)ccc3B3c4ccccc4N(c4ccccc4)c4cc(N5c6ccccc6C6(C)CCCC56C)cc2c43)c1. The predicted octanol–water partition coefficient (Wildman–Crippen LogP) is 11.7. The average molecular weight is 718 g/mol. The highest BCUT2D eigenvalue weighted by Crippen LogP contribution is 2.63. The van der Waals surface area contributed by atoms with Crippen molar-refractivity contribution in [2.45, 2.75) is 96.4 Å². The number of hydrogen-bond acceptors (Lipinski definition) is 3. The summed E-state index contributed by atoms with van der Waals surface area (Å²) in [5.41, 5.74) is 18.3. The first kappa shape index (κ1) is 34.3. The number of fused-ring (bicyclic) bond motifs is 7. The first-order valence-corrected chi connectivity index (χ1v) is 20.4. The Morgan fingerprint density at radius 1 is 0.491 bits per heavy atom. The molecular weight excluding hydrogens is 665 g/mol. The van der Waals surface area contributed by atoms with E-state index in [1.807, 2.05) is 0 Å². The van der Waals surface area contributed by atoms with Crippen LogP contribution in [0.4, 0.5) is 45.5 Å². The van der Waals surface area contributed by atoms with E-state index in [0.717, 1.165) is 6.42 Å². The van der Waals surface area contributed by atoms with Gasteiger partial charge in [-0.2, -0.15) is 0 Å². The molecule has 0 amide bonds. The molecule has 0 radical (unpaired) electrons. The van der Waals surface area contributed by atoms with Crippen molar-refractivity contribution < 1.29 is 0 Å². The Labute approximate surface area is 328 Å². The van der Waals surface area contributed by atoms with Gasteiger partial charge >= 0.3 is 0 Å². The van der Waals surface area contributed by atoms with E-state index < -0.39 is 0 Å². The van der Waals surface area contributed by atoms with E-state index >= 15 is 0 Å². The van der Waals surface area contributed by atoms with Crippen LogP contribution in [0, 0.1) is 0 Å². The highest BCUT2D eigenvalue weighted by atomic mass is 15.3. The maximum absolute atomic E-state index is 2.75. The minimum absolute atomic E-state index is 0.00337. The summed E-state index contributed by atoms with van der Waals surface area (Å²) in [6.45, 7) is 19.1. The lowest BCUT2D eigenvalue weighted by Gasteiger charge is -2.47. The zero-order chi connectivity index (χ0) is 38.1. The molecule has 10 rings (SSSR count). The van der Waals surface area contributed by atoms with Crippen molar-refractivity contribution in [3.8, 4) is 0 Å². The van der Waals surface area contributed by atoms with E-state index in [0.29, 0.717) is 0 Å². The molecule has 1 fully saturated rings. The Morgan fingerprint density at radius 3 is 1.82 bits per heavy atom. The lowest BCUT2D eigenvalue weighted by atomic mass is 9.33. The van der Waals surface area contributed by atoms with Crippen LogP contribution in [-0.4, -0.2) is 12.3 Å². The van der Waals surface area contributed by atoms with Gasteiger partial charge in [0.15, 0.2) is 0 Å². The molecule has 0 aromatic heterocycles. The highest BCUT2D eigenvalue weighted by Gasteiger charge is 2.59. The minimum atomic E-state index is -0.0514. The second kappa shape index (κ2) is 11.6. The maximum Gasteiger partial charge on any atom is 0.252 e. The van der Waals surface area contributed by atoms with Gasteiger partial charge in [0.2, 0.25) is 0 Å². The van der Waals surface area contributed by atoms with E-state index in [9.17, 15) is 0 Å². The Morgan fingerprint density at radius 2 is 1.09 bits per heavy atom. The van der Waals surface area contributed by atoms with Gasteiger partial charge in [-0.1, -0.05) is 134 Å². The number of benzene rings is 6. The van der Waals surface area contributed by atoms with Crippen molar-refractivity contribution in [1.82, 2.24) is 0 Å². The summed E-state index contributed by atoms with van der Waals surface area (Å²) in [5.74, 6) is 0. The van der Waals surface area contributed by atoms with Gasteiger partial charge in [-0.15, -0.1) is 0 Å². The number of rotatable bonds is 3. The smallest absolute Gasteiger partial charge is 0.252 e. The lowest BCUT2D eigenvalue weighted by molar-refractivity contribution is 0.330. The minimum Gasteiger partial charge on any atom is -0.334 e. The molecule has 3 heterocycles. The normalized spacial score (nSPS) is 20.9. The quantitative estimate of drug-likeness (QED) is 0.169. The Hall–Kier alpha value is -5.22. The highest BCUT2D eigenvalue weighted by molar-refractivity contribution is 7.00. The lowest BCUT2D eigenvalue weighted by Crippen LogP contribution is -2.61. The topological polar surface area (TPSA) is 9.72 Å². The molecule has 6 aromatic carbocycles.